The molecule has 0 bridgehead atoms. The van der Waals surface area contributed by atoms with Crippen molar-refractivity contribution in [3.63, 3.8) is 0 Å². The average Bonchev–Trinajstić information content (AvgIpc) is 2.42. The predicted molar refractivity (Wildman–Crippen MR) is 82.3 cm³/mol. The first-order valence-electron chi connectivity index (χ1n) is 6.90. The summed E-state index contributed by atoms with van der Waals surface area (Å²) in [5, 5.41) is 10.5. The van der Waals surface area contributed by atoms with Crippen LogP contribution in [-0.4, -0.2) is 12.2 Å². The number of ether oxygens (including phenoxy) is 1. The quantitative estimate of drug-likeness (QED) is 0.913. The zero-order chi connectivity index (χ0) is 14.7. The summed E-state index contributed by atoms with van der Waals surface area (Å²) >= 11 is 0. The Balaban J connectivity index is 2.28. The lowest BCUT2D eigenvalue weighted by Gasteiger charge is -2.17. The fourth-order valence-electron chi connectivity index (χ4n) is 2.43. The minimum Gasteiger partial charge on any atom is -0.496 e. The number of benzene rings is 2. The second-order valence-corrected chi connectivity index (χ2v) is 5.40. The van der Waals surface area contributed by atoms with Crippen LogP contribution >= 0.6 is 0 Å². The van der Waals surface area contributed by atoms with Gasteiger partial charge in [0, 0.05) is 12.0 Å². The summed E-state index contributed by atoms with van der Waals surface area (Å²) in [6.07, 6.45) is 0.0541. The lowest BCUT2D eigenvalue weighted by Crippen LogP contribution is -2.05. The number of aliphatic hydroxyl groups excluding tert-OH is 1. The van der Waals surface area contributed by atoms with E-state index in [0.29, 0.717) is 6.42 Å². The Labute approximate surface area is 121 Å². The van der Waals surface area contributed by atoms with Gasteiger partial charge in [0.2, 0.25) is 0 Å². The molecular weight excluding hydrogens is 248 g/mol. The molecule has 2 aromatic carbocycles. The molecule has 20 heavy (non-hydrogen) atoms. The minimum atomic E-state index is -0.550. The van der Waals surface area contributed by atoms with Gasteiger partial charge in [-0.2, -0.15) is 0 Å². The Hall–Kier alpha value is -1.80. The maximum Gasteiger partial charge on any atom is 0.124 e. The van der Waals surface area contributed by atoms with Gasteiger partial charge in [-0.3, -0.25) is 0 Å². The molecule has 0 aromatic heterocycles. The van der Waals surface area contributed by atoms with Crippen molar-refractivity contribution < 1.29 is 9.84 Å². The zero-order valence-electron chi connectivity index (χ0n) is 12.6. The van der Waals surface area contributed by atoms with Crippen molar-refractivity contribution in [3.8, 4) is 5.75 Å². The first-order chi connectivity index (χ1) is 9.51. The highest BCUT2D eigenvalue weighted by atomic mass is 16.5. The van der Waals surface area contributed by atoms with Crippen LogP contribution in [0.5, 0.6) is 5.75 Å². The highest BCUT2D eigenvalue weighted by Gasteiger charge is 2.15. The summed E-state index contributed by atoms with van der Waals surface area (Å²) in [6, 6.07) is 12.2. The van der Waals surface area contributed by atoms with Crippen molar-refractivity contribution in [2.45, 2.75) is 33.3 Å². The molecule has 0 saturated heterocycles. The summed E-state index contributed by atoms with van der Waals surface area (Å²) in [5.41, 5.74) is 5.58. The minimum absolute atomic E-state index is 0.550. The molecule has 2 nitrogen and oxygen atoms in total. The molecule has 0 amide bonds. The van der Waals surface area contributed by atoms with Crippen molar-refractivity contribution in [1.29, 1.82) is 0 Å². The maximum atomic E-state index is 10.5. The smallest absolute Gasteiger partial charge is 0.124 e. The van der Waals surface area contributed by atoms with Gasteiger partial charge in [0.05, 0.1) is 13.2 Å². The van der Waals surface area contributed by atoms with E-state index in [2.05, 4.69) is 32.0 Å². The van der Waals surface area contributed by atoms with E-state index in [4.69, 9.17) is 4.74 Å². The maximum absolute atomic E-state index is 10.5. The van der Waals surface area contributed by atoms with E-state index >= 15 is 0 Å². The zero-order valence-corrected chi connectivity index (χ0v) is 12.6. The van der Waals surface area contributed by atoms with Crippen LogP contribution < -0.4 is 4.74 Å². The molecule has 1 atom stereocenters. The molecule has 0 saturated carbocycles. The molecular formula is C18H22O2. The van der Waals surface area contributed by atoms with Gasteiger partial charge < -0.3 is 9.84 Å². The van der Waals surface area contributed by atoms with E-state index in [1.165, 1.54) is 16.7 Å². The van der Waals surface area contributed by atoms with E-state index in [1.54, 1.807) is 7.11 Å². The molecule has 0 spiro atoms. The number of aliphatic hydroxyl groups is 1. The van der Waals surface area contributed by atoms with Gasteiger partial charge >= 0.3 is 0 Å². The summed E-state index contributed by atoms with van der Waals surface area (Å²) in [5.74, 6) is 0.753. The Morgan fingerprint density at radius 1 is 1.00 bits per heavy atom. The second kappa shape index (κ2) is 6.10. The van der Waals surface area contributed by atoms with Gasteiger partial charge in [0.15, 0.2) is 0 Å². The number of rotatable bonds is 4. The van der Waals surface area contributed by atoms with Gasteiger partial charge in [-0.25, -0.2) is 0 Å². The number of hydrogen-bond donors (Lipinski definition) is 1. The van der Waals surface area contributed by atoms with Gasteiger partial charge in [0.1, 0.15) is 5.75 Å². The molecule has 2 heteroatoms. The van der Waals surface area contributed by atoms with Crippen molar-refractivity contribution in [2.24, 2.45) is 0 Å². The van der Waals surface area contributed by atoms with Crippen LogP contribution in [0, 0.1) is 20.8 Å². The average molecular weight is 270 g/mol. The lowest BCUT2D eigenvalue weighted by atomic mass is 9.96. The van der Waals surface area contributed by atoms with Gasteiger partial charge in [-0.1, -0.05) is 35.9 Å². The van der Waals surface area contributed by atoms with Crippen LogP contribution in [-0.2, 0) is 6.42 Å². The fraction of sp³-hybridized carbons (Fsp3) is 0.333. The Kier molecular flexibility index (Phi) is 4.46. The van der Waals surface area contributed by atoms with Crippen molar-refractivity contribution >= 4 is 0 Å². The highest BCUT2D eigenvalue weighted by Crippen LogP contribution is 2.29. The summed E-state index contributed by atoms with van der Waals surface area (Å²) in [7, 11) is 1.64. The summed E-state index contributed by atoms with van der Waals surface area (Å²) in [6.45, 7) is 6.17. The normalized spacial score (nSPS) is 12.2. The topological polar surface area (TPSA) is 29.5 Å². The van der Waals surface area contributed by atoms with E-state index < -0.39 is 6.10 Å². The van der Waals surface area contributed by atoms with Crippen LogP contribution in [0.2, 0.25) is 0 Å². The first-order valence-corrected chi connectivity index (χ1v) is 6.90. The van der Waals surface area contributed by atoms with Crippen molar-refractivity contribution in [3.05, 3.63) is 64.2 Å². The Morgan fingerprint density at radius 3 is 2.35 bits per heavy atom. The SMILES string of the molecule is COc1cc(C)ccc1C(O)Cc1cc(C)ccc1C. The molecule has 0 fully saturated rings. The summed E-state index contributed by atoms with van der Waals surface area (Å²) in [4.78, 5) is 0. The standard InChI is InChI=1S/C18H22O2/c1-12-5-7-14(3)15(9-12)11-17(19)16-8-6-13(2)10-18(16)20-4/h5-10,17,19H,11H2,1-4H3. The highest BCUT2D eigenvalue weighted by molar-refractivity contribution is 5.40. The van der Waals surface area contributed by atoms with Crippen LogP contribution in [0.25, 0.3) is 0 Å². The summed E-state index contributed by atoms with van der Waals surface area (Å²) < 4.78 is 5.38. The molecule has 1 N–H and O–H groups in total. The molecule has 0 aliphatic rings. The molecule has 0 heterocycles. The lowest BCUT2D eigenvalue weighted by molar-refractivity contribution is 0.174. The second-order valence-electron chi connectivity index (χ2n) is 5.40. The monoisotopic (exact) mass is 270 g/mol. The fourth-order valence-corrected chi connectivity index (χ4v) is 2.43. The first kappa shape index (κ1) is 14.6. The van der Waals surface area contributed by atoms with E-state index in [-0.39, 0.29) is 0 Å². The molecule has 106 valence electrons. The number of methoxy groups -OCH3 is 1. The molecule has 2 rings (SSSR count). The van der Waals surface area contributed by atoms with E-state index in [1.807, 2.05) is 25.1 Å². The van der Waals surface area contributed by atoms with E-state index in [9.17, 15) is 5.11 Å². The van der Waals surface area contributed by atoms with Gasteiger partial charge in [-0.05, 0) is 43.5 Å². The van der Waals surface area contributed by atoms with Gasteiger partial charge in [0.25, 0.3) is 0 Å². The Bertz CT molecular complexity index is 602. The number of hydrogen-bond acceptors (Lipinski definition) is 2. The predicted octanol–water partition coefficient (Wildman–Crippen LogP) is 3.90. The molecule has 2 aromatic rings. The van der Waals surface area contributed by atoms with Crippen molar-refractivity contribution in [1.82, 2.24) is 0 Å². The van der Waals surface area contributed by atoms with Crippen LogP contribution in [0.4, 0.5) is 0 Å². The number of aryl methyl sites for hydroxylation is 3. The largest absolute Gasteiger partial charge is 0.496 e. The third-order valence-corrected chi connectivity index (χ3v) is 3.67. The Morgan fingerprint density at radius 2 is 1.65 bits per heavy atom. The van der Waals surface area contributed by atoms with Crippen molar-refractivity contribution in [2.75, 3.05) is 7.11 Å². The van der Waals surface area contributed by atoms with Crippen LogP contribution in [0.3, 0.4) is 0 Å². The van der Waals surface area contributed by atoms with E-state index in [0.717, 1.165) is 16.9 Å². The molecule has 1 unspecified atom stereocenters. The molecule has 0 aliphatic heterocycles. The van der Waals surface area contributed by atoms with Gasteiger partial charge in [-0.15, -0.1) is 0 Å². The van der Waals surface area contributed by atoms with Crippen LogP contribution in [0.1, 0.15) is 33.9 Å². The third-order valence-electron chi connectivity index (χ3n) is 3.67. The molecule has 0 radical (unpaired) electrons. The molecule has 0 aliphatic carbocycles. The third kappa shape index (κ3) is 3.20. The van der Waals surface area contributed by atoms with Crippen LogP contribution in [0.15, 0.2) is 36.4 Å².